The van der Waals surface area contributed by atoms with Gasteiger partial charge in [0.05, 0.1) is 4.83 Å². The summed E-state index contributed by atoms with van der Waals surface area (Å²) in [6.45, 7) is 6.71. The lowest BCUT2D eigenvalue weighted by atomic mass is 9.81. The third-order valence-electron chi connectivity index (χ3n) is 3.22. The lowest BCUT2D eigenvalue weighted by Gasteiger charge is -2.30. The highest BCUT2D eigenvalue weighted by Crippen LogP contribution is 2.47. The van der Waals surface area contributed by atoms with Crippen molar-refractivity contribution in [3.8, 4) is 0 Å². The molecule has 0 saturated carbocycles. The van der Waals surface area contributed by atoms with E-state index in [0.717, 1.165) is 0 Å². The number of aryl methyl sites for hydroxylation is 1. The molecule has 0 aliphatic rings. The molecule has 0 amide bonds. The number of alkyl halides is 1. The first-order valence-corrected chi connectivity index (χ1v) is 8.41. The standard InChI is InChI=1S/C15H16Br2S/c1-10-9-12(16)13(18-10)14(17)15(2,3)11-7-5-4-6-8-11/h4-9,14H,1-3H3. The molecule has 1 aromatic heterocycles. The van der Waals surface area contributed by atoms with Crippen LogP contribution in [-0.4, -0.2) is 0 Å². The number of hydrogen-bond donors (Lipinski definition) is 0. The van der Waals surface area contributed by atoms with Crippen molar-refractivity contribution < 1.29 is 0 Å². The predicted molar refractivity (Wildman–Crippen MR) is 87.9 cm³/mol. The number of rotatable bonds is 3. The summed E-state index contributed by atoms with van der Waals surface area (Å²) in [6.07, 6.45) is 0. The molecule has 1 atom stereocenters. The van der Waals surface area contributed by atoms with Gasteiger partial charge in [-0.15, -0.1) is 11.3 Å². The van der Waals surface area contributed by atoms with Gasteiger partial charge in [0.15, 0.2) is 0 Å². The van der Waals surface area contributed by atoms with Crippen molar-refractivity contribution in [3.05, 3.63) is 56.2 Å². The van der Waals surface area contributed by atoms with Gasteiger partial charge in [-0.1, -0.05) is 60.1 Å². The summed E-state index contributed by atoms with van der Waals surface area (Å²) in [6, 6.07) is 12.9. The fraction of sp³-hybridized carbons (Fsp3) is 0.333. The molecule has 0 fully saturated rings. The third-order valence-corrected chi connectivity index (χ3v) is 7.16. The molecule has 0 saturated heterocycles. The van der Waals surface area contributed by atoms with E-state index in [9.17, 15) is 0 Å². The number of halogens is 2. The quantitative estimate of drug-likeness (QED) is 0.547. The van der Waals surface area contributed by atoms with Gasteiger partial charge >= 0.3 is 0 Å². The summed E-state index contributed by atoms with van der Waals surface area (Å²) < 4.78 is 1.20. The Morgan fingerprint density at radius 2 is 1.78 bits per heavy atom. The van der Waals surface area contributed by atoms with E-state index in [1.54, 1.807) is 0 Å². The molecule has 0 aliphatic heterocycles. The molecule has 0 radical (unpaired) electrons. The highest BCUT2D eigenvalue weighted by molar-refractivity contribution is 9.11. The molecule has 0 spiro atoms. The summed E-state index contributed by atoms with van der Waals surface area (Å²) >= 11 is 9.40. The second kappa shape index (κ2) is 5.48. The average Bonchev–Trinajstić information content (AvgIpc) is 2.68. The third kappa shape index (κ3) is 2.73. The maximum Gasteiger partial charge on any atom is 0.0591 e. The molecule has 0 N–H and O–H groups in total. The molecule has 1 aromatic carbocycles. The van der Waals surface area contributed by atoms with Crippen molar-refractivity contribution in [1.29, 1.82) is 0 Å². The van der Waals surface area contributed by atoms with E-state index in [1.165, 1.54) is 19.8 Å². The minimum atomic E-state index is 0.0566. The predicted octanol–water partition coefficient (Wildman–Crippen LogP) is 6.23. The number of hydrogen-bond acceptors (Lipinski definition) is 1. The van der Waals surface area contributed by atoms with Gasteiger partial charge in [-0.05, 0) is 34.5 Å². The first-order chi connectivity index (χ1) is 8.43. The fourth-order valence-corrected chi connectivity index (χ4v) is 5.16. The summed E-state index contributed by atoms with van der Waals surface area (Å²) in [4.78, 5) is 3.01. The summed E-state index contributed by atoms with van der Waals surface area (Å²) in [5.74, 6) is 0. The van der Waals surface area contributed by atoms with Gasteiger partial charge in [0.25, 0.3) is 0 Å². The Kier molecular flexibility index (Phi) is 4.35. The van der Waals surface area contributed by atoms with Gasteiger partial charge in [-0.25, -0.2) is 0 Å². The molecule has 0 bridgehead atoms. The molecule has 96 valence electrons. The highest BCUT2D eigenvalue weighted by atomic mass is 79.9. The van der Waals surface area contributed by atoms with Crippen LogP contribution in [-0.2, 0) is 5.41 Å². The van der Waals surface area contributed by atoms with Crippen molar-refractivity contribution in [1.82, 2.24) is 0 Å². The Morgan fingerprint density at radius 3 is 2.28 bits per heavy atom. The van der Waals surface area contributed by atoms with Crippen LogP contribution in [0.5, 0.6) is 0 Å². The molecular weight excluding hydrogens is 372 g/mol. The Bertz CT molecular complexity index is 529. The first kappa shape index (κ1) is 14.3. The van der Waals surface area contributed by atoms with Crippen molar-refractivity contribution in [2.75, 3.05) is 0 Å². The summed E-state index contributed by atoms with van der Waals surface area (Å²) in [5, 5.41) is 0. The zero-order valence-electron chi connectivity index (χ0n) is 10.7. The van der Waals surface area contributed by atoms with Crippen LogP contribution < -0.4 is 0 Å². The zero-order chi connectivity index (χ0) is 13.3. The first-order valence-electron chi connectivity index (χ1n) is 5.88. The molecule has 3 heteroatoms. The van der Waals surface area contributed by atoms with Gasteiger partial charge in [-0.2, -0.15) is 0 Å². The monoisotopic (exact) mass is 386 g/mol. The van der Waals surface area contributed by atoms with Crippen molar-refractivity contribution >= 4 is 43.2 Å². The summed E-state index contributed by atoms with van der Waals surface area (Å²) in [5.41, 5.74) is 1.41. The van der Waals surface area contributed by atoms with Gasteiger partial charge in [0, 0.05) is 19.6 Å². The zero-order valence-corrected chi connectivity index (χ0v) is 14.7. The minimum absolute atomic E-state index is 0.0566. The average molecular weight is 388 g/mol. The Morgan fingerprint density at radius 1 is 1.17 bits per heavy atom. The maximum atomic E-state index is 3.89. The molecule has 2 rings (SSSR count). The van der Waals surface area contributed by atoms with Gasteiger partial charge in [-0.3, -0.25) is 0 Å². The van der Waals surface area contributed by atoms with Crippen molar-refractivity contribution in [2.45, 2.75) is 31.0 Å². The van der Waals surface area contributed by atoms with Crippen LogP contribution in [0.15, 0.2) is 40.9 Å². The second-order valence-corrected chi connectivity index (χ2v) is 8.08. The van der Waals surface area contributed by atoms with Crippen LogP contribution in [0.25, 0.3) is 0 Å². The molecule has 0 aliphatic carbocycles. The Balaban J connectivity index is 2.39. The second-order valence-electron chi connectivity index (χ2n) is 5.02. The highest BCUT2D eigenvalue weighted by Gasteiger charge is 2.32. The largest absolute Gasteiger partial charge is 0.143 e. The molecule has 2 aromatic rings. The van der Waals surface area contributed by atoms with Crippen molar-refractivity contribution in [3.63, 3.8) is 0 Å². The number of thiophene rings is 1. The van der Waals surface area contributed by atoms with Crippen LogP contribution >= 0.6 is 43.2 Å². The van der Waals surface area contributed by atoms with E-state index >= 15 is 0 Å². The normalized spacial score (nSPS) is 13.6. The SMILES string of the molecule is Cc1cc(Br)c(C(Br)C(C)(C)c2ccccc2)s1. The summed E-state index contributed by atoms with van der Waals surface area (Å²) in [7, 11) is 0. The van der Waals surface area contributed by atoms with Crippen LogP contribution in [0, 0.1) is 6.92 Å². The van der Waals surface area contributed by atoms with E-state index in [2.05, 4.69) is 89.0 Å². The molecular formula is C15H16Br2S. The van der Waals surface area contributed by atoms with E-state index in [1.807, 2.05) is 11.3 Å². The molecule has 0 nitrogen and oxygen atoms in total. The Hall–Kier alpha value is -0.120. The van der Waals surface area contributed by atoms with Crippen LogP contribution in [0.1, 0.15) is 34.0 Å². The topological polar surface area (TPSA) is 0 Å². The van der Waals surface area contributed by atoms with Crippen molar-refractivity contribution in [2.24, 2.45) is 0 Å². The Labute approximate surface area is 130 Å². The molecule has 1 unspecified atom stereocenters. The van der Waals surface area contributed by atoms with E-state index in [0.29, 0.717) is 4.83 Å². The molecule has 18 heavy (non-hydrogen) atoms. The van der Waals surface area contributed by atoms with E-state index in [4.69, 9.17) is 0 Å². The van der Waals surface area contributed by atoms with E-state index < -0.39 is 0 Å². The number of benzene rings is 1. The van der Waals surface area contributed by atoms with Gasteiger partial charge in [0.2, 0.25) is 0 Å². The maximum absolute atomic E-state index is 3.89. The molecule has 1 heterocycles. The lowest BCUT2D eigenvalue weighted by Crippen LogP contribution is -2.22. The van der Waals surface area contributed by atoms with Crippen LogP contribution in [0.3, 0.4) is 0 Å². The van der Waals surface area contributed by atoms with Gasteiger partial charge < -0.3 is 0 Å². The van der Waals surface area contributed by atoms with Gasteiger partial charge in [0.1, 0.15) is 0 Å². The van der Waals surface area contributed by atoms with E-state index in [-0.39, 0.29) is 5.41 Å². The van der Waals surface area contributed by atoms with Crippen LogP contribution in [0.4, 0.5) is 0 Å². The van der Waals surface area contributed by atoms with Crippen LogP contribution in [0.2, 0.25) is 0 Å². The lowest BCUT2D eigenvalue weighted by molar-refractivity contribution is 0.521. The smallest absolute Gasteiger partial charge is 0.0591 e. The fourth-order valence-electron chi connectivity index (χ4n) is 2.02. The minimum Gasteiger partial charge on any atom is -0.143 e.